The molecule has 0 aliphatic rings. The van der Waals surface area contributed by atoms with E-state index >= 15 is 0 Å². The van der Waals surface area contributed by atoms with Crippen molar-refractivity contribution in [2.45, 2.75) is 56.3 Å². The second kappa shape index (κ2) is 12.7. The van der Waals surface area contributed by atoms with Crippen molar-refractivity contribution in [1.29, 1.82) is 0 Å². The van der Waals surface area contributed by atoms with Crippen LogP contribution in [0.15, 0.2) is 29.2 Å². The van der Waals surface area contributed by atoms with Crippen LogP contribution in [0, 0.1) is 0 Å². The van der Waals surface area contributed by atoms with Gasteiger partial charge in [-0.3, -0.25) is 9.59 Å². The first kappa shape index (κ1) is 20.4. The summed E-state index contributed by atoms with van der Waals surface area (Å²) in [5.41, 5.74) is 0. The molecule has 0 unspecified atom stereocenters. The highest BCUT2D eigenvalue weighted by Gasteiger charge is 2.05. The van der Waals surface area contributed by atoms with Crippen LogP contribution < -0.4 is 4.74 Å². The second-order valence-corrected chi connectivity index (χ2v) is 6.69. The fraction of sp³-hybridized carbons (Fsp3) is 0.556. The van der Waals surface area contributed by atoms with Gasteiger partial charge in [-0.2, -0.15) is 0 Å². The van der Waals surface area contributed by atoms with E-state index in [1.165, 1.54) is 0 Å². The number of carbonyl (C=O) groups is 2. The summed E-state index contributed by atoms with van der Waals surface area (Å²) in [4.78, 5) is 22.0. The van der Waals surface area contributed by atoms with Crippen molar-refractivity contribution >= 4 is 23.7 Å². The average Bonchev–Trinajstić information content (AvgIpc) is 2.54. The molecule has 2 N–H and O–H groups in total. The van der Waals surface area contributed by atoms with E-state index in [0.29, 0.717) is 13.0 Å². The molecule has 0 spiro atoms. The van der Waals surface area contributed by atoms with Crippen LogP contribution in [0.5, 0.6) is 5.75 Å². The standard InChI is InChI=1S/C18H26O5S/c19-17(20)11-4-2-1-3-7-13-23-15-9-5-6-10-16(15)24-14-8-12-18(21)22/h5-6,9-10H,1-4,7-8,11-14H2,(H,19,20)(H,21,22). The first-order chi connectivity index (χ1) is 11.6. The van der Waals surface area contributed by atoms with Gasteiger partial charge in [0.05, 0.1) is 6.61 Å². The molecule has 0 bridgehead atoms. The second-order valence-electron chi connectivity index (χ2n) is 5.55. The van der Waals surface area contributed by atoms with Gasteiger partial charge in [0.1, 0.15) is 5.75 Å². The number of benzene rings is 1. The molecule has 6 heteroatoms. The Morgan fingerprint density at radius 3 is 2.25 bits per heavy atom. The molecule has 1 aromatic carbocycles. The summed E-state index contributed by atoms with van der Waals surface area (Å²) in [7, 11) is 0. The molecule has 1 aromatic rings. The Hall–Kier alpha value is -1.69. The number of para-hydroxylation sites is 1. The summed E-state index contributed by atoms with van der Waals surface area (Å²) in [5, 5.41) is 17.2. The van der Waals surface area contributed by atoms with Crippen LogP contribution >= 0.6 is 11.8 Å². The third kappa shape index (κ3) is 10.2. The summed E-state index contributed by atoms with van der Waals surface area (Å²) < 4.78 is 5.83. The average molecular weight is 354 g/mol. The van der Waals surface area contributed by atoms with Gasteiger partial charge in [-0.1, -0.05) is 31.4 Å². The summed E-state index contributed by atoms with van der Waals surface area (Å²) in [6, 6.07) is 7.82. The first-order valence-corrected chi connectivity index (χ1v) is 9.36. The number of carboxylic acid groups (broad SMARTS) is 2. The maximum atomic E-state index is 10.5. The lowest BCUT2D eigenvalue weighted by Gasteiger charge is -2.11. The minimum atomic E-state index is -0.761. The highest BCUT2D eigenvalue weighted by atomic mass is 32.2. The van der Waals surface area contributed by atoms with Crippen molar-refractivity contribution in [3.8, 4) is 5.75 Å². The van der Waals surface area contributed by atoms with Crippen molar-refractivity contribution in [3.05, 3.63) is 24.3 Å². The smallest absolute Gasteiger partial charge is 0.303 e. The topological polar surface area (TPSA) is 83.8 Å². The number of aliphatic carboxylic acids is 2. The molecule has 24 heavy (non-hydrogen) atoms. The zero-order chi connectivity index (χ0) is 17.6. The van der Waals surface area contributed by atoms with Crippen LogP contribution in [0.3, 0.4) is 0 Å². The Morgan fingerprint density at radius 2 is 1.50 bits per heavy atom. The molecule has 0 atom stereocenters. The van der Waals surface area contributed by atoms with Crippen LogP contribution in [0.4, 0.5) is 0 Å². The normalized spacial score (nSPS) is 10.5. The molecule has 0 saturated heterocycles. The SMILES string of the molecule is O=C(O)CCCCCCCOc1ccccc1SCCCC(=O)O. The van der Waals surface area contributed by atoms with Gasteiger partial charge in [0, 0.05) is 17.7 Å². The number of unbranched alkanes of at least 4 members (excludes halogenated alkanes) is 4. The monoisotopic (exact) mass is 354 g/mol. The molecule has 5 nitrogen and oxygen atoms in total. The van der Waals surface area contributed by atoms with Crippen molar-refractivity contribution in [3.63, 3.8) is 0 Å². The molecule has 0 aliphatic heterocycles. The lowest BCUT2D eigenvalue weighted by atomic mass is 10.1. The summed E-state index contributed by atoms with van der Waals surface area (Å²) in [6.45, 7) is 0.644. The number of carboxylic acids is 2. The molecular formula is C18H26O5S. The zero-order valence-electron chi connectivity index (χ0n) is 13.9. The van der Waals surface area contributed by atoms with E-state index in [1.54, 1.807) is 11.8 Å². The third-order valence-electron chi connectivity index (χ3n) is 3.43. The predicted molar refractivity (Wildman–Crippen MR) is 94.9 cm³/mol. The molecule has 0 aliphatic carbocycles. The van der Waals surface area contributed by atoms with Gasteiger partial charge in [-0.05, 0) is 37.1 Å². The van der Waals surface area contributed by atoms with Gasteiger partial charge in [-0.15, -0.1) is 11.8 Å². The Balaban J connectivity index is 2.18. The van der Waals surface area contributed by atoms with Gasteiger partial charge < -0.3 is 14.9 Å². The molecular weight excluding hydrogens is 328 g/mol. The molecule has 0 fully saturated rings. The van der Waals surface area contributed by atoms with E-state index in [-0.39, 0.29) is 12.8 Å². The molecule has 0 saturated carbocycles. The fourth-order valence-corrected chi connectivity index (χ4v) is 3.14. The lowest BCUT2D eigenvalue weighted by molar-refractivity contribution is -0.138. The fourth-order valence-electron chi connectivity index (χ4n) is 2.18. The quantitative estimate of drug-likeness (QED) is 0.379. The Bertz CT molecular complexity index is 504. The van der Waals surface area contributed by atoms with Gasteiger partial charge in [0.2, 0.25) is 0 Å². The third-order valence-corrected chi connectivity index (χ3v) is 4.58. The minimum absolute atomic E-state index is 0.192. The van der Waals surface area contributed by atoms with Crippen molar-refractivity contribution in [2.24, 2.45) is 0 Å². The summed E-state index contributed by atoms with van der Waals surface area (Å²) in [5.74, 6) is 0.124. The van der Waals surface area contributed by atoms with E-state index in [1.807, 2.05) is 24.3 Å². The first-order valence-electron chi connectivity index (χ1n) is 8.38. The largest absolute Gasteiger partial charge is 0.492 e. The molecule has 0 radical (unpaired) electrons. The van der Waals surface area contributed by atoms with Crippen LogP contribution in [0.1, 0.15) is 51.4 Å². The summed E-state index contributed by atoms with van der Waals surface area (Å²) in [6.07, 6.45) is 5.79. The van der Waals surface area contributed by atoms with Crippen molar-refractivity contribution < 1.29 is 24.5 Å². The van der Waals surface area contributed by atoms with Crippen LogP contribution in [-0.2, 0) is 9.59 Å². The van der Waals surface area contributed by atoms with E-state index in [2.05, 4.69) is 0 Å². The highest BCUT2D eigenvalue weighted by Crippen LogP contribution is 2.29. The van der Waals surface area contributed by atoms with Gasteiger partial charge in [0.15, 0.2) is 0 Å². The molecule has 0 aromatic heterocycles. The Kier molecular flexibility index (Phi) is 10.8. The Morgan fingerprint density at radius 1 is 0.875 bits per heavy atom. The van der Waals surface area contributed by atoms with E-state index in [4.69, 9.17) is 14.9 Å². The number of thioether (sulfide) groups is 1. The van der Waals surface area contributed by atoms with Crippen molar-refractivity contribution in [1.82, 2.24) is 0 Å². The zero-order valence-corrected chi connectivity index (χ0v) is 14.7. The number of hydrogen-bond donors (Lipinski definition) is 2. The lowest BCUT2D eigenvalue weighted by Crippen LogP contribution is -1.99. The molecule has 0 heterocycles. The van der Waals surface area contributed by atoms with Crippen LogP contribution in [-0.4, -0.2) is 34.5 Å². The minimum Gasteiger partial charge on any atom is -0.492 e. The van der Waals surface area contributed by atoms with Gasteiger partial charge in [-0.25, -0.2) is 0 Å². The van der Waals surface area contributed by atoms with Crippen LogP contribution in [0.25, 0.3) is 0 Å². The van der Waals surface area contributed by atoms with Crippen LogP contribution in [0.2, 0.25) is 0 Å². The number of rotatable bonds is 14. The molecule has 1 rings (SSSR count). The predicted octanol–water partition coefficient (Wildman–Crippen LogP) is 4.45. The van der Waals surface area contributed by atoms with E-state index in [0.717, 1.165) is 48.5 Å². The maximum Gasteiger partial charge on any atom is 0.303 e. The van der Waals surface area contributed by atoms with Crippen molar-refractivity contribution in [2.75, 3.05) is 12.4 Å². The number of ether oxygens (including phenoxy) is 1. The molecule has 0 amide bonds. The van der Waals surface area contributed by atoms with E-state index < -0.39 is 11.9 Å². The maximum absolute atomic E-state index is 10.5. The van der Waals surface area contributed by atoms with Gasteiger partial charge in [0.25, 0.3) is 0 Å². The van der Waals surface area contributed by atoms with Gasteiger partial charge >= 0.3 is 11.9 Å². The number of hydrogen-bond acceptors (Lipinski definition) is 4. The highest BCUT2D eigenvalue weighted by molar-refractivity contribution is 7.99. The Labute approximate surface area is 147 Å². The summed E-state index contributed by atoms with van der Waals surface area (Å²) >= 11 is 1.62. The van der Waals surface area contributed by atoms with E-state index in [9.17, 15) is 9.59 Å². The molecule has 134 valence electrons.